The highest BCUT2D eigenvalue weighted by molar-refractivity contribution is 7.18. The zero-order valence-electron chi connectivity index (χ0n) is 17.5. The van der Waals surface area contributed by atoms with Gasteiger partial charge in [-0.15, -0.1) is 11.3 Å². The molecule has 0 aliphatic carbocycles. The van der Waals surface area contributed by atoms with Crippen LogP contribution in [0.5, 0.6) is 5.75 Å². The number of carbonyl (C=O) groups excluding carboxylic acids is 1. The number of fused-ring (bicyclic) bond motifs is 1. The van der Waals surface area contributed by atoms with E-state index in [0.29, 0.717) is 5.92 Å². The van der Waals surface area contributed by atoms with Crippen LogP contribution in [0.25, 0.3) is 10.2 Å². The summed E-state index contributed by atoms with van der Waals surface area (Å²) in [6, 6.07) is 14.5. The minimum Gasteiger partial charge on any atom is -0.481 e. The predicted octanol–water partition coefficient (Wildman–Crippen LogP) is 5.86. The van der Waals surface area contributed by atoms with Crippen molar-refractivity contribution in [1.82, 2.24) is 9.88 Å². The lowest BCUT2D eigenvalue weighted by atomic mass is 10.0. The van der Waals surface area contributed by atoms with Crippen molar-refractivity contribution in [3.05, 3.63) is 58.6 Å². The largest absolute Gasteiger partial charge is 0.481 e. The Morgan fingerprint density at radius 2 is 2.00 bits per heavy atom. The maximum absolute atomic E-state index is 13.3. The molecule has 1 aromatic heterocycles. The number of benzene rings is 2. The minimum absolute atomic E-state index is 0.0444. The summed E-state index contributed by atoms with van der Waals surface area (Å²) < 4.78 is 7.37. The van der Waals surface area contributed by atoms with Crippen LogP contribution >= 0.6 is 11.3 Å². The molecule has 2 aromatic carbocycles. The molecule has 5 heteroatoms. The van der Waals surface area contributed by atoms with Crippen molar-refractivity contribution >= 4 is 27.5 Å². The van der Waals surface area contributed by atoms with E-state index in [1.54, 1.807) is 11.3 Å². The van der Waals surface area contributed by atoms with Gasteiger partial charge < -0.3 is 9.64 Å². The van der Waals surface area contributed by atoms with Crippen LogP contribution in [0.2, 0.25) is 0 Å². The number of hydrogen-bond donors (Lipinski definition) is 0. The van der Waals surface area contributed by atoms with Crippen molar-refractivity contribution in [3.63, 3.8) is 0 Å². The van der Waals surface area contributed by atoms with Crippen LogP contribution in [0, 0.1) is 6.92 Å². The molecule has 2 unspecified atom stereocenters. The lowest BCUT2D eigenvalue weighted by Gasteiger charge is -2.27. The van der Waals surface area contributed by atoms with Crippen molar-refractivity contribution in [2.75, 3.05) is 6.54 Å². The minimum atomic E-state index is -0.524. The number of aromatic nitrogens is 1. The molecule has 1 aliphatic rings. The van der Waals surface area contributed by atoms with E-state index in [1.807, 2.05) is 43.0 Å². The summed E-state index contributed by atoms with van der Waals surface area (Å²) in [6.07, 6.45) is 1.44. The molecular formula is C24H28N2O2S. The fourth-order valence-electron chi connectivity index (χ4n) is 4.01. The predicted molar refractivity (Wildman–Crippen MR) is 119 cm³/mol. The van der Waals surface area contributed by atoms with Crippen molar-refractivity contribution in [1.29, 1.82) is 0 Å². The number of rotatable bonds is 5. The van der Waals surface area contributed by atoms with E-state index in [9.17, 15) is 4.79 Å². The number of nitrogens with zero attached hydrogens (tertiary/aromatic N) is 2. The molecule has 0 spiro atoms. The quantitative estimate of drug-likeness (QED) is 0.531. The van der Waals surface area contributed by atoms with Crippen LogP contribution in [0.3, 0.4) is 0 Å². The van der Waals surface area contributed by atoms with Crippen LogP contribution in [0.1, 0.15) is 61.7 Å². The van der Waals surface area contributed by atoms with Gasteiger partial charge in [0.25, 0.3) is 5.91 Å². The summed E-state index contributed by atoms with van der Waals surface area (Å²) in [5.74, 6) is 1.20. The Bertz CT molecular complexity index is 994. The second-order valence-corrected chi connectivity index (χ2v) is 9.23. The van der Waals surface area contributed by atoms with Gasteiger partial charge in [-0.1, -0.05) is 38.1 Å². The number of likely N-dealkylation sites (tertiary alicyclic amines) is 1. The zero-order valence-corrected chi connectivity index (χ0v) is 18.3. The van der Waals surface area contributed by atoms with Gasteiger partial charge in [0.05, 0.1) is 16.3 Å². The fraction of sp³-hybridized carbons (Fsp3) is 0.417. The average molecular weight is 409 g/mol. The second-order valence-electron chi connectivity index (χ2n) is 8.17. The van der Waals surface area contributed by atoms with E-state index < -0.39 is 6.10 Å². The highest BCUT2D eigenvalue weighted by Crippen LogP contribution is 2.37. The van der Waals surface area contributed by atoms with E-state index in [-0.39, 0.29) is 11.9 Å². The lowest BCUT2D eigenvalue weighted by Crippen LogP contribution is -2.40. The first kappa shape index (κ1) is 19.9. The van der Waals surface area contributed by atoms with Gasteiger partial charge in [0.1, 0.15) is 10.8 Å². The van der Waals surface area contributed by atoms with Crippen molar-refractivity contribution < 1.29 is 9.53 Å². The number of amides is 1. The summed E-state index contributed by atoms with van der Waals surface area (Å²) in [7, 11) is 0. The van der Waals surface area contributed by atoms with E-state index in [2.05, 4.69) is 32.0 Å². The number of carbonyl (C=O) groups is 1. The van der Waals surface area contributed by atoms with Gasteiger partial charge in [-0.25, -0.2) is 4.98 Å². The molecule has 4 nitrogen and oxygen atoms in total. The average Bonchev–Trinajstić information content (AvgIpc) is 3.33. The molecule has 0 bridgehead atoms. The summed E-state index contributed by atoms with van der Waals surface area (Å²) in [4.78, 5) is 20.1. The third-order valence-corrected chi connectivity index (χ3v) is 6.71. The van der Waals surface area contributed by atoms with Crippen LogP contribution < -0.4 is 4.74 Å². The Morgan fingerprint density at radius 1 is 1.21 bits per heavy atom. The molecular weight excluding hydrogens is 380 g/mol. The number of aryl methyl sites for hydroxylation is 1. The molecule has 1 fully saturated rings. The van der Waals surface area contributed by atoms with Gasteiger partial charge in [0.15, 0.2) is 6.10 Å². The smallest absolute Gasteiger partial charge is 0.263 e. The first-order chi connectivity index (χ1) is 13.9. The number of ether oxygens (including phenoxy) is 1. The highest BCUT2D eigenvalue weighted by Gasteiger charge is 2.35. The molecule has 2 heterocycles. The third kappa shape index (κ3) is 4.01. The molecule has 0 N–H and O–H groups in total. The molecule has 2 atom stereocenters. The Balaban J connectivity index is 1.54. The van der Waals surface area contributed by atoms with Crippen molar-refractivity contribution in [3.8, 4) is 5.75 Å². The lowest BCUT2D eigenvalue weighted by molar-refractivity contribution is -0.139. The van der Waals surface area contributed by atoms with Gasteiger partial charge in [-0.05, 0) is 61.9 Å². The Morgan fingerprint density at radius 3 is 2.76 bits per heavy atom. The summed E-state index contributed by atoms with van der Waals surface area (Å²) >= 11 is 1.69. The maximum atomic E-state index is 13.3. The molecule has 4 rings (SSSR count). The molecule has 29 heavy (non-hydrogen) atoms. The fourth-order valence-corrected chi connectivity index (χ4v) is 5.13. The first-order valence-electron chi connectivity index (χ1n) is 10.4. The molecule has 1 saturated heterocycles. The second kappa shape index (κ2) is 8.15. The van der Waals surface area contributed by atoms with Gasteiger partial charge in [-0.2, -0.15) is 0 Å². The van der Waals surface area contributed by atoms with Gasteiger partial charge in [-0.3, -0.25) is 4.79 Å². The molecule has 152 valence electrons. The zero-order chi connectivity index (χ0) is 20.5. The van der Waals surface area contributed by atoms with Crippen molar-refractivity contribution in [2.45, 2.75) is 58.6 Å². The van der Waals surface area contributed by atoms with Crippen LogP contribution in [0.4, 0.5) is 0 Å². The van der Waals surface area contributed by atoms with Gasteiger partial charge in [0.2, 0.25) is 0 Å². The Kier molecular flexibility index (Phi) is 5.59. The van der Waals surface area contributed by atoms with E-state index in [0.717, 1.165) is 46.8 Å². The van der Waals surface area contributed by atoms with Gasteiger partial charge >= 0.3 is 0 Å². The van der Waals surface area contributed by atoms with E-state index >= 15 is 0 Å². The summed E-state index contributed by atoms with van der Waals surface area (Å²) in [5.41, 5.74) is 3.29. The maximum Gasteiger partial charge on any atom is 0.263 e. The van der Waals surface area contributed by atoms with E-state index in [4.69, 9.17) is 9.72 Å². The Hall–Kier alpha value is -2.40. The topological polar surface area (TPSA) is 42.4 Å². The van der Waals surface area contributed by atoms with Crippen molar-refractivity contribution in [2.24, 2.45) is 0 Å². The molecule has 1 aliphatic heterocycles. The number of para-hydroxylation sites is 1. The SMILES string of the molecule is Cc1ccc(C(C)C)c(OC(C)C(=O)N2CCCC2c2nc3ccccc3s2)c1. The molecule has 0 radical (unpaired) electrons. The molecule has 3 aromatic rings. The normalized spacial score (nSPS) is 17.8. The van der Waals surface area contributed by atoms with E-state index in [1.165, 1.54) is 4.70 Å². The van der Waals surface area contributed by atoms with Crippen LogP contribution in [0.15, 0.2) is 42.5 Å². The van der Waals surface area contributed by atoms with Crippen LogP contribution in [-0.2, 0) is 4.79 Å². The third-order valence-electron chi connectivity index (χ3n) is 5.57. The Labute approximate surface area is 176 Å². The van der Waals surface area contributed by atoms with Gasteiger partial charge in [0, 0.05) is 6.54 Å². The summed E-state index contributed by atoms with van der Waals surface area (Å²) in [6.45, 7) is 8.97. The monoisotopic (exact) mass is 408 g/mol. The highest BCUT2D eigenvalue weighted by atomic mass is 32.1. The number of hydrogen-bond acceptors (Lipinski definition) is 4. The number of thiazole rings is 1. The molecule has 1 amide bonds. The first-order valence-corrected chi connectivity index (χ1v) is 11.2. The van der Waals surface area contributed by atoms with Crippen LogP contribution in [-0.4, -0.2) is 28.4 Å². The standard InChI is InChI=1S/C24H28N2O2S/c1-15(2)18-12-11-16(3)14-21(18)28-17(4)24(27)26-13-7-9-20(26)23-25-19-8-5-6-10-22(19)29-23/h5-6,8,10-12,14-15,17,20H,7,9,13H2,1-4H3. The molecule has 0 saturated carbocycles. The summed E-state index contributed by atoms with van der Waals surface area (Å²) in [5, 5.41) is 1.03.